The van der Waals surface area contributed by atoms with Gasteiger partial charge >= 0.3 is 7.60 Å². The fraction of sp³-hybridized carbons (Fsp3) is 1.00. The largest absolute Gasteiger partial charge is 0.330 e. The molecule has 48 valence electrons. The lowest BCUT2D eigenvalue weighted by Crippen LogP contribution is -2.04. The predicted molar refractivity (Wildman–Crippen MR) is 28.4 cm³/mol. The Labute approximate surface area is 46.9 Å². The van der Waals surface area contributed by atoms with Gasteiger partial charge in [0, 0.05) is 6.04 Å². The van der Waals surface area contributed by atoms with Crippen LogP contribution in [0.4, 0.5) is 0 Å². The normalized spacial score (nSPS) is 37.4. The average molecular weight is 137 g/mol. The minimum absolute atomic E-state index is 0.254. The third-order valence-electron chi connectivity index (χ3n) is 1.24. The Morgan fingerprint density at radius 2 is 2.00 bits per heavy atom. The topological polar surface area (TPSA) is 83.6 Å². The Bertz CT molecular complexity index is 141. The third-order valence-corrected chi connectivity index (χ3v) is 2.69. The van der Waals surface area contributed by atoms with Crippen LogP contribution in [0.2, 0.25) is 0 Å². The van der Waals surface area contributed by atoms with Crippen molar-refractivity contribution in [1.29, 1.82) is 0 Å². The van der Waals surface area contributed by atoms with Crippen LogP contribution in [-0.4, -0.2) is 21.5 Å². The summed E-state index contributed by atoms with van der Waals surface area (Å²) in [4.78, 5) is 16.7. The third kappa shape index (κ3) is 1.09. The molecule has 0 heterocycles. The fourth-order valence-corrected chi connectivity index (χ4v) is 1.60. The zero-order chi connectivity index (χ0) is 6.36. The molecular formula is C3H8NO3P. The molecule has 0 saturated heterocycles. The summed E-state index contributed by atoms with van der Waals surface area (Å²) in [5, 5.41) is 0. The molecule has 1 aliphatic rings. The molecule has 0 aromatic heterocycles. The molecule has 5 heteroatoms. The molecule has 0 aromatic rings. The predicted octanol–water partition coefficient (Wildman–Crippen LogP) is -0.736. The summed E-state index contributed by atoms with van der Waals surface area (Å²) in [6, 6.07) is -0.254. The maximum atomic E-state index is 10.2. The van der Waals surface area contributed by atoms with E-state index in [1.165, 1.54) is 0 Å². The maximum absolute atomic E-state index is 10.2. The highest BCUT2D eigenvalue weighted by Crippen LogP contribution is 2.53. The Kier molecular flexibility index (Phi) is 1.20. The summed E-state index contributed by atoms with van der Waals surface area (Å²) < 4.78 is 10.2. The second kappa shape index (κ2) is 1.54. The lowest BCUT2D eigenvalue weighted by molar-refractivity contribution is 0.370. The lowest BCUT2D eigenvalue weighted by Gasteiger charge is -1.97. The van der Waals surface area contributed by atoms with E-state index in [-0.39, 0.29) is 6.04 Å². The van der Waals surface area contributed by atoms with Crippen LogP contribution in [0.15, 0.2) is 0 Å². The van der Waals surface area contributed by atoms with Crippen molar-refractivity contribution in [3.8, 4) is 0 Å². The molecule has 1 rings (SSSR count). The van der Waals surface area contributed by atoms with Crippen LogP contribution in [0.25, 0.3) is 0 Å². The quantitative estimate of drug-likeness (QED) is 0.416. The summed E-state index contributed by atoms with van der Waals surface area (Å²) in [6.07, 6.45) is 0.476. The lowest BCUT2D eigenvalue weighted by atomic mass is 10.8. The monoisotopic (exact) mass is 137 g/mol. The van der Waals surface area contributed by atoms with Crippen molar-refractivity contribution >= 4 is 7.60 Å². The van der Waals surface area contributed by atoms with Crippen molar-refractivity contribution in [1.82, 2.24) is 0 Å². The van der Waals surface area contributed by atoms with Gasteiger partial charge in [-0.2, -0.15) is 0 Å². The smallest absolute Gasteiger partial charge is 0.327 e. The van der Waals surface area contributed by atoms with E-state index < -0.39 is 13.3 Å². The van der Waals surface area contributed by atoms with Crippen LogP contribution in [0.3, 0.4) is 0 Å². The van der Waals surface area contributed by atoms with Gasteiger partial charge in [0.2, 0.25) is 0 Å². The van der Waals surface area contributed by atoms with Crippen LogP contribution in [-0.2, 0) is 4.57 Å². The molecule has 0 aromatic carbocycles. The van der Waals surface area contributed by atoms with Crippen LogP contribution in [0, 0.1) is 0 Å². The molecule has 8 heavy (non-hydrogen) atoms. The van der Waals surface area contributed by atoms with Crippen molar-refractivity contribution < 1.29 is 14.4 Å². The first-order chi connectivity index (χ1) is 3.52. The average Bonchev–Trinajstić information content (AvgIpc) is 2.13. The van der Waals surface area contributed by atoms with Crippen LogP contribution in [0.1, 0.15) is 6.42 Å². The van der Waals surface area contributed by atoms with Crippen molar-refractivity contribution in [2.45, 2.75) is 18.1 Å². The van der Waals surface area contributed by atoms with E-state index in [9.17, 15) is 4.57 Å². The van der Waals surface area contributed by atoms with E-state index in [0.29, 0.717) is 6.42 Å². The van der Waals surface area contributed by atoms with E-state index >= 15 is 0 Å². The van der Waals surface area contributed by atoms with Gasteiger partial charge in [-0.25, -0.2) is 0 Å². The van der Waals surface area contributed by atoms with Crippen molar-refractivity contribution in [2.75, 3.05) is 0 Å². The first kappa shape index (κ1) is 6.23. The molecule has 1 saturated carbocycles. The molecule has 4 N–H and O–H groups in total. The van der Waals surface area contributed by atoms with Crippen LogP contribution in [0.5, 0.6) is 0 Å². The molecule has 0 radical (unpaired) electrons. The molecule has 0 bridgehead atoms. The van der Waals surface area contributed by atoms with Crippen LogP contribution >= 0.6 is 7.60 Å². The van der Waals surface area contributed by atoms with Gasteiger partial charge in [0.05, 0.1) is 5.66 Å². The van der Waals surface area contributed by atoms with Gasteiger partial charge in [-0.05, 0) is 6.42 Å². The number of hydrogen-bond acceptors (Lipinski definition) is 2. The molecule has 0 spiro atoms. The molecule has 1 fully saturated rings. The number of rotatable bonds is 1. The maximum Gasteiger partial charge on any atom is 0.330 e. The van der Waals surface area contributed by atoms with Gasteiger partial charge < -0.3 is 15.5 Å². The minimum atomic E-state index is -3.81. The zero-order valence-electron chi connectivity index (χ0n) is 4.19. The summed E-state index contributed by atoms with van der Waals surface area (Å²) >= 11 is 0. The Balaban J connectivity index is 2.52. The van der Waals surface area contributed by atoms with E-state index in [1.807, 2.05) is 0 Å². The highest BCUT2D eigenvalue weighted by Gasteiger charge is 2.47. The fourth-order valence-electron chi connectivity index (χ4n) is 0.587. The summed E-state index contributed by atoms with van der Waals surface area (Å²) in [7, 11) is -3.81. The molecular weight excluding hydrogens is 129 g/mol. The first-order valence-corrected chi connectivity index (χ1v) is 4.01. The van der Waals surface area contributed by atoms with Crippen LogP contribution < -0.4 is 5.73 Å². The van der Waals surface area contributed by atoms with Gasteiger partial charge in [-0.1, -0.05) is 0 Å². The second-order valence-corrected chi connectivity index (χ2v) is 3.90. The molecule has 1 aliphatic carbocycles. The van der Waals surface area contributed by atoms with Crippen molar-refractivity contribution in [2.24, 2.45) is 5.73 Å². The van der Waals surface area contributed by atoms with Gasteiger partial charge in [-0.3, -0.25) is 4.57 Å². The van der Waals surface area contributed by atoms with Crippen molar-refractivity contribution in [3.05, 3.63) is 0 Å². The molecule has 0 amide bonds. The van der Waals surface area contributed by atoms with Gasteiger partial charge in [0.1, 0.15) is 0 Å². The first-order valence-electron chi connectivity index (χ1n) is 2.32. The highest BCUT2D eigenvalue weighted by molar-refractivity contribution is 7.53. The SMILES string of the molecule is N[C@@H]1C[C@H]1P(=O)(O)O. The standard InChI is InChI=1S/C3H8NO3P/c4-2-1-3(2)8(5,6)7/h2-3H,1,4H2,(H2,5,6,7)/t2-,3-/m1/s1. The number of nitrogens with two attached hydrogens (primary N) is 1. The molecule has 0 unspecified atom stereocenters. The zero-order valence-corrected chi connectivity index (χ0v) is 5.08. The Hall–Kier alpha value is 0.110. The molecule has 2 atom stereocenters. The Morgan fingerprint density at radius 3 is 2.00 bits per heavy atom. The summed E-state index contributed by atoms with van der Waals surface area (Å²) in [5.41, 5.74) is 4.62. The van der Waals surface area contributed by atoms with E-state index in [0.717, 1.165) is 0 Å². The summed E-state index contributed by atoms with van der Waals surface area (Å²) in [6.45, 7) is 0. The van der Waals surface area contributed by atoms with Gasteiger partial charge in [0.25, 0.3) is 0 Å². The van der Waals surface area contributed by atoms with Gasteiger partial charge in [-0.15, -0.1) is 0 Å². The van der Waals surface area contributed by atoms with E-state index in [4.69, 9.17) is 15.5 Å². The summed E-state index contributed by atoms with van der Waals surface area (Å²) in [5.74, 6) is 0. The van der Waals surface area contributed by atoms with E-state index in [2.05, 4.69) is 0 Å². The van der Waals surface area contributed by atoms with E-state index in [1.54, 1.807) is 0 Å². The highest BCUT2D eigenvalue weighted by atomic mass is 31.2. The molecule has 4 nitrogen and oxygen atoms in total. The number of hydrogen-bond donors (Lipinski definition) is 3. The van der Waals surface area contributed by atoms with Gasteiger partial charge in [0.15, 0.2) is 0 Å². The minimum Gasteiger partial charge on any atom is -0.327 e. The van der Waals surface area contributed by atoms with Crippen molar-refractivity contribution in [3.63, 3.8) is 0 Å². The Morgan fingerprint density at radius 1 is 1.62 bits per heavy atom. The molecule has 0 aliphatic heterocycles. The second-order valence-electron chi connectivity index (χ2n) is 2.06.